The van der Waals surface area contributed by atoms with E-state index >= 15 is 0 Å². The molecular formula is C15H13BrClNO3. The summed E-state index contributed by atoms with van der Waals surface area (Å²) in [5.41, 5.74) is 1.96. The van der Waals surface area contributed by atoms with Crippen LogP contribution < -0.4 is 19.5 Å². The van der Waals surface area contributed by atoms with Gasteiger partial charge < -0.3 is 19.5 Å². The van der Waals surface area contributed by atoms with E-state index in [4.69, 9.17) is 25.8 Å². The maximum Gasteiger partial charge on any atom is 0.231 e. The zero-order valence-corrected chi connectivity index (χ0v) is 13.6. The molecule has 1 N–H and O–H groups in total. The summed E-state index contributed by atoms with van der Waals surface area (Å²) in [7, 11) is 1.61. The molecule has 21 heavy (non-hydrogen) atoms. The second-order valence-corrected chi connectivity index (χ2v) is 5.69. The lowest BCUT2D eigenvalue weighted by molar-refractivity contribution is 0.171. The van der Waals surface area contributed by atoms with E-state index in [1.165, 1.54) is 0 Å². The Hall–Kier alpha value is -1.59. The van der Waals surface area contributed by atoms with E-state index in [1.807, 2.05) is 30.3 Å². The van der Waals surface area contributed by atoms with Crippen molar-refractivity contribution in [2.45, 2.75) is 6.54 Å². The fraction of sp³-hybridized carbons (Fsp3) is 0.200. The Balaban J connectivity index is 1.81. The quantitative estimate of drug-likeness (QED) is 0.863. The Bertz CT molecular complexity index is 678. The van der Waals surface area contributed by atoms with Gasteiger partial charge in [0.1, 0.15) is 0 Å². The van der Waals surface area contributed by atoms with Crippen LogP contribution in [0, 0.1) is 0 Å². The predicted octanol–water partition coefficient (Wildman–Crippen LogP) is 4.45. The fourth-order valence-corrected chi connectivity index (χ4v) is 2.70. The average molecular weight is 371 g/mol. The van der Waals surface area contributed by atoms with Crippen molar-refractivity contribution < 1.29 is 14.2 Å². The number of ether oxygens (including phenoxy) is 3. The highest BCUT2D eigenvalue weighted by molar-refractivity contribution is 9.10. The molecule has 3 rings (SSSR count). The van der Waals surface area contributed by atoms with E-state index in [0.717, 1.165) is 15.7 Å². The third-order valence-corrected chi connectivity index (χ3v) is 4.55. The first-order valence-electron chi connectivity index (χ1n) is 6.33. The van der Waals surface area contributed by atoms with Crippen LogP contribution in [0.25, 0.3) is 0 Å². The lowest BCUT2D eigenvalue weighted by Gasteiger charge is -2.11. The molecule has 0 spiro atoms. The van der Waals surface area contributed by atoms with Crippen LogP contribution in [0.5, 0.6) is 17.2 Å². The summed E-state index contributed by atoms with van der Waals surface area (Å²) < 4.78 is 17.0. The Morgan fingerprint density at radius 1 is 1.33 bits per heavy atom. The summed E-state index contributed by atoms with van der Waals surface area (Å²) in [5.74, 6) is 2.04. The molecule has 0 fully saturated rings. The molecule has 0 saturated heterocycles. The van der Waals surface area contributed by atoms with E-state index in [0.29, 0.717) is 28.8 Å². The standard InChI is InChI=1S/C15H13BrClNO3/c1-19-12-5-9(6-13-15(12)21-8-20-13)7-18-11-4-2-3-10(17)14(11)16/h2-6,18H,7-8H2,1H3. The number of hydrogen-bond donors (Lipinski definition) is 1. The Labute approximate surface area is 136 Å². The van der Waals surface area contributed by atoms with E-state index in [9.17, 15) is 0 Å². The van der Waals surface area contributed by atoms with Crippen LogP contribution in [0.3, 0.4) is 0 Å². The van der Waals surface area contributed by atoms with Gasteiger partial charge in [-0.15, -0.1) is 0 Å². The highest BCUT2D eigenvalue weighted by Gasteiger charge is 2.20. The lowest BCUT2D eigenvalue weighted by atomic mass is 10.1. The van der Waals surface area contributed by atoms with Crippen LogP contribution in [-0.2, 0) is 6.54 Å². The molecule has 0 bridgehead atoms. The van der Waals surface area contributed by atoms with Crippen molar-refractivity contribution in [3.63, 3.8) is 0 Å². The van der Waals surface area contributed by atoms with Crippen LogP contribution in [-0.4, -0.2) is 13.9 Å². The molecule has 1 aliphatic rings. The topological polar surface area (TPSA) is 39.7 Å². The summed E-state index contributed by atoms with van der Waals surface area (Å²) in [6.07, 6.45) is 0. The second kappa shape index (κ2) is 6.03. The molecule has 0 amide bonds. The fourth-order valence-electron chi connectivity index (χ4n) is 2.12. The molecule has 4 nitrogen and oxygen atoms in total. The van der Waals surface area contributed by atoms with Crippen LogP contribution in [0.4, 0.5) is 5.69 Å². The van der Waals surface area contributed by atoms with Crippen LogP contribution >= 0.6 is 27.5 Å². The zero-order valence-electron chi connectivity index (χ0n) is 11.3. The minimum atomic E-state index is 0.225. The summed E-state index contributed by atoms with van der Waals surface area (Å²) in [6, 6.07) is 9.56. The zero-order chi connectivity index (χ0) is 14.8. The van der Waals surface area contributed by atoms with E-state index in [1.54, 1.807) is 7.11 Å². The van der Waals surface area contributed by atoms with Crippen molar-refractivity contribution in [2.24, 2.45) is 0 Å². The molecule has 1 heterocycles. The number of benzene rings is 2. The molecule has 1 aliphatic heterocycles. The first kappa shape index (κ1) is 14.4. The molecule has 6 heteroatoms. The van der Waals surface area contributed by atoms with Gasteiger partial charge in [0, 0.05) is 6.54 Å². The second-order valence-electron chi connectivity index (χ2n) is 4.49. The highest BCUT2D eigenvalue weighted by Crippen LogP contribution is 2.42. The van der Waals surface area contributed by atoms with Crippen molar-refractivity contribution in [2.75, 3.05) is 19.2 Å². The summed E-state index contributed by atoms with van der Waals surface area (Å²) >= 11 is 9.54. The summed E-state index contributed by atoms with van der Waals surface area (Å²) in [5, 5.41) is 4.00. The van der Waals surface area contributed by atoms with Crippen LogP contribution in [0.1, 0.15) is 5.56 Å². The summed E-state index contributed by atoms with van der Waals surface area (Å²) in [4.78, 5) is 0. The van der Waals surface area contributed by atoms with Gasteiger partial charge in [-0.05, 0) is 45.8 Å². The molecule has 0 unspecified atom stereocenters. The summed E-state index contributed by atoms with van der Waals surface area (Å²) in [6.45, 7) is 0.842. The minimum absolute atomic E-state index is 0.225. The van der Waals surface area contributed by atoms with Gasteiger partial charge in [-0.1, -0.05) is 17.7 Å². The van der Waals surface area contributed by atoms with Gasteiger partial charge in [0.15, 0.2) is 11.5 Å². The van der Waals surface area contributed by atoms with Gasteiger partial charge in [-0.3, -0.25) is 0 Å². The number of nitrogens with one attached hydrogen (secondary N) is 1. The highest BCUT2D eigenvalue weighted by atomic mass is 79.9. The van der Waals surface area contributed by atoms with Crippen molar-refractivity contribution in [3.05, 3.63) is 45.4 Å². The Morgan fingerprint density at radius 2 is 2.19 bits per heavy atom. The number of methoxy groups -OCH3 is 1. The SMILES string of the molecule is COc1cc(CNc2cccc(Cl)c2Br)cc2c1OCO2. The maximum absolute atomic E-state index is 6.08. The van der Waals surface area contributed by atoms with E-state index < -0.39 is 0 Å². The van der Waals surface area contributed by atoms with Crippen molar-refractivity contribution in [1.82, 2.24) is 0 Å². The number of rotatable bonds is 4. The maximum atomic E-state index is 6.08. The molecule has 0 radical (unpaired) electrons. The Kier molecular flexibility index (Phi) is 4.12. The largest absolute Gasteiger partial charge is 0.493 e. The van der Waals surface area contributed by atoms with Gasteiger partial charge in [-0.25, -0.2) is 0 Å². The number of hydrogen-bond acceptors (Lipinski definition) is 4. The smallest absolute Gasteiger partial charge is 0.231 e. The van der Waals surface area contributed by atoms with Gasteiger partial charge >= 0.3 is 0 Å². The number of anilines is 1. The normalized spacial score (nSPS) is 12.3. The Morgan fingerprint density at radius 3 is 3.00 bits per heavy atom. The molecular weight excluding hydrogens is 358 g/mol. The average Bonchev–Trinajstić information content (AvgIpc) is 2.96. The third-order valence-electron chi connectivity index (χ3n) is 3.15. The van der Waals surface area contributed by atoms with Crippen molar-refractivity contribution >= 4 is 33.2 Å². The van der Waals surface area contributed by atoms with E-state index in [2.05, 4.69) is 21.2 Å². The predicted molar refractivity (Wildman–Crippen MR) is 85.6 cm³/mol. The molecule has 0 atom stereocenters. The van der Waals surface area contributed by atoms with Crippen LogP contribution in [0.2, 0.25) is 5.02 Å². The molecule has 2 aromatic carbocycles. The molecule has 0 saturated carbocycles. The van der Waals surface area contributed by atoms with Crippen molar-refractivity contribution in [1.29, 1.82) is 0 Å². The van der Waals surface area contributed by atoms with Gasteiger partial charge in [0.05, 0.1) is 22.3 Å². The minimum Gasteiger partial charge on any atom is -0.493 e. The number of fused-ring (bicyclic) bond motifs is 1. The first-order chi connectivity index (χ1) is 10.2. The molecule has 0 aliphatic carbocycles. The van der Waals surface area contributed by atoms with Gasteiger partial charge in [-0.2, -0.15) is 0 Å². The first-order valence-corrected chi connectivity index (χ1v) is 7.50. The monoisotopic (exact) mass is 369 g/mol. The lowest BCUT2D eigenvalue weighted by Crippen LogP contribution is -2.01. The van der Waals surface area contributed by atoms with Gasteiger partial charge in [0.2, 0.25) is 12.5 Å². The van der Waals surface area contributed by atoms with Crippen molar-refractivity contribution in [3.8, 4) is 17.2 Å². The third kappa shape index (κ3) is 2.89. The number of halogens is 2. The van der Waals surface area contributed by atoms with E-state index in [-0.39, 0.29) is 6.79 Å². The van der Waals surface area contributed by atoms with Crippen LogP contribution in [0.15, 0.2) is 34.8 Å². The molecule has 2 aromatic rings. The van der Waals surface area contributed by atoms with Gasteiger partial charge in [0.25, 0.3) is 0 Å². The molecule has 110 valence electrons. The molecule has 0 aromatic heterocycles.